The Morgan fingerprint density at radius 1 is 0.950 bits per heavy atom. The topological polar surface area (TPSA) is 36.9 Å². The van der Waals surface area contributed by atoms with Gasteiger partial charge in [-0.05, 0) is 17.2 Å². The first kappa shape index (κ1) is 11.1. The Kier molecular flexibility index (Phi) is 2.27. The molecule has 0 aliphatic heterocycles. The summed E-state index contributed by atoms with van der Waals surface area (Å²) in [6, 6.07) is 18.5. The number of para-hydroxylation sites is 1. The summed E-state index contributed by atoms with van der Waals surface area (Å²) in [4.78, 5) is 0. The molecule has 0 atom stereocenters. The molecule has 1 heterocycles. The van der Waals surface area contributed by atoms with Gasteiger partial charge in [0.2, 0.25) is 0 Å². The number of furan rings is 1. The average Bonchev–Trinajstić information content (AvgIpc) is 3.07. The lowest BCUT2D eigenvalue weighted by atomic mass is 9.97. The molecule has 2 nitrogen and oxygen atoms in total. The predicted octanol–water partition coefficient (Wildman–Crippen LogP) is 4.31. The Balaban J connectivity index is 2.03. The molecule has 0 N–H and O–H groups in total. The molecule has 1 aliphatic carbocycles. The van der Waals surface area contributed by atoms with Crippen molar-refractivity contribution in [2.45, 2.75) is 6.42 Å². The van der Waals surface area contributed by atoms with Gasteiger partial charge >= 0.3 is 0 Å². The largest absolute Gasteiger partial charge is 0.464 e. The molecule has 4 rings (SSSR count). The summed E-state index contributed by atoms with van der Waals surface area (Å²) in [5, 5.41) is 10.5. The minimum absolute atomic E-state index is 0.710. The Morgan fingerprint density at radius 2 is 1.75 bits per heavy atom. The summed E-state index contributed by atoms with van der Waals surface area (Å²) in [6.45, 7) is 0. The van der Waals surface area contributed by atoms with Gasteiger partial charge in [-0.25, -0.2) is 0 Å². The summed E-state index contributed by atoms with van der Waals surface area (Å²) < 4.78 is 5.63. The van der Waals surface area contributed by atoms with Gasteiger partial charge in [0.25, 0.3) is 0 Å². The molecule has 0 unspecified atom stereocenters. The second-order valence-corrected chi connectivity index (χ2v) is 4.94. The van der Waals surface area contributed by atoms with Crippen LogP contribution in [0.15, 0.2) is 64.8 Å². The quantitative estimate of drug-likeness (QED) is 0.651. The van der Waals surface area contributed by atoms with Gasteiger partial charge in [0.15, 0.2) is 0 Å². The molecule has 0 fully saturated rings. The summed E-state index contributed by atoms with van der Waals surface area (Å²) in [5.74, 6) is 0. The lowest BCUT2D eigenvalue weighted by Crippen LogP contribution is -1.86. The molecule has 2 heteroatoms. The van der Waals surface area contributed by atoms with Crippen molar-refractivity contribution in [2.24, 2.45) is 0 Å². The van der Waals surface area contributed by atoms with E-state index in [0.717, 1.165) is 33.2 Å². The third-order valence-electron chi connectivity index (χ3n) is 3.84. The van der Waals surface area contributed by atoms with Gasteiger partial charge < -0.3 is 4.42 Å². The Labute approximate surface area is 116 Å². The van der Waals surface area contributed by atoms with E-state index in [2.05, 4.69) is 18.2 Å². The van der Waals surface area contributed by atoms with Crippen LogP contribution in [0.5, 0.6) is 0 Å². The first-order valence-corrected chi connectivity index (χ1v) is 6.56. The number of benzene rings is 2. The second-order valence-electron chi connectivity index (χ2n) is 4.94. The molecule has 2 aromatic carbocycles. The molecular weight excluding hydrogens is 246 g/mol. The summed E-state index contributed by atoms with van der Waals surface area (Å²) >= 11 is 0. The zero-order valence-electron chi connectivity index (χ0n) is 10.8. The standard InChI is InChI=1S/C18H11NO/c19-10-13-9-12-5-1-2-6-14(12)18(13)16-11-20-17-8-4-3-7-15(16)17/h1-8,11H,9H2. The van der Waals surface area contributed by atoms with Crippen molar-refractivity contribution in [1.82, 2.24) is 0 Å². The van der Waals surface area contributed by atoms with Gasteiger partial charge in [0.1, 0.15) is 5.58 Å². The van der Waals surface area contributed by atoms with Crippen LogP contribution in [0.1, 0.15) is 16.7 Å². The first-order chi connectivity index (χ1) is 9.88. The highest BCUT2D eigenvalue weighted by atomic mass is 16.3. The normalized spacial score (nSPS) is 13.6. The fraction of sp³-hybridized carbons (Fsp3) is 0.0556. The fourth-order valence-corrected chi connectivity index (χ4v) is 2.93. The monoisotopic (exact) mass is 257 g/mol. The van der Waals surface area contributed by atoms with Crippen LogP contribution in [-0.4, -0.2) is 0 Å². The summed E-state index contributed by atoms with van der Waals surface area (Å²) in [5.41, 5.74) is 6.07. The van der Waals surface area contributed by atoms with Gasteiger partial charge in [0, 0.05) is 28.5 Å². The maximum absolute atomic E-state index is 9.44. The Bertz CT molecular complexity index is 893. The zero-order chi connectivity index (χ0) is 13.5. The molecule has 0 saturated carbocycles. The third kappa shape index (κ3) is 1.44. The molecule has 94 valence electrons. The molecule has 20 heavy (non-hydrogen) atoms. The molecule has 0 bridgehead atoms. The van der Waals surface area contributed by atoms with Crippen LogP contribution >= 0.6 is 0 Å². The molecule has 0 radical (unpaired) electrons. The van der Waals surface area contributed by atoms with Gasteiger partial charge in [-0.1, -0.05) is 42.5 Å². The van der Waals surface area contributed by atoms with E-state index in [1.807, 2.05) is 36.4 Å². The molecule has 0 saturated heterocycles. The summed E-state index contributed by atoms with van der Waals surface area (Å²) in [6.07, 6.45) is 2.47. The smallest absolute Gasteiger partial charge is 0.134 e. The van der Waals surface area contributed by atoms with E-state index in [9.17, 15) is 5.26 Å². The van der Waals surface area contributed by atoms with Crippen molar-refractivity contribution in [1.29, 1.82) is 5.26 Å². The van der Waals surface area contributed by atoms with E-state index >= 15 is 0 Å². The van der Waals surface area contributed by atoms with E-state index in [0.29, 0.717) is 6.42 Å². The molecule has 1 aliphatic rings. The number of rotatable bonds is 1. The number of hydrogen-bond donors (Lipinski definition) is 0. The fourth-order valence-electron chi connectivity index (χ4n) is 2.93. The van der Waals surface area contributed by atoms with Gasteiger partial charge in [-0.15, -0.1) is 0 Å². The van der Waals surface area contributed by atoms with Crippen molar-refractivity contribution >= 4 is 16.5 Å². The molecule has 3 aromatic rings. The average molecular weight is 257 g/mol. The molecular formula is C18H11NO. The molecule has 0 spiro atoms. The van der Waals surface area contributed by atoms with Crippen molar-refractivity contribution < 1.29 is 4.42 Å². The maximum Gasteiger partial charge on any atom is 0.134 e. The van der Waals surface area contributed by atoms with Crippen molar-refractivity contribution in [3.63, 3.8) is 0 Å². The van der Waals surface area contributed by atoms with Crippen LogP contribution in [-0.2, 0) is 6.42 Å². The first-order valence-electron chi connectivity index (χ1n) is 6.56. The lowest BCUT2D eigenvalue weighted by Gasteiger charge is -2.04. The van der Waals surface area contributed by atoms with Crippen LogP contribution in [0.25, 0.3) is 16.5 Å². The van der Waals surface area contributed by atoms with E-state index in [4.69, 9.17) is 4.42 Å². The number of hydrogen-bond acceptors (Lipinski definition) is 2. The number of fused-ring (bicyclic) bond motifs is 2. The van der Waals surface area contributed by atoms with Gasteiger partial charge in [-0.2, -0.15) is 5.26 Å². The van der Waals surface area contributed by atoms with Gasteiger partial charge in [0.05, 0.1) is 12.3 Å². The minimum atomic E-state index is 0.710. The third-order valence-corrected chi connectivity index (χ3v) is 3.84. The van der Waals surface area contributed by atoms with Crippen molar-refractivity contribution in [3.05, 3.63) is 77.1 Å². The highest BCUT2D eigenvalue weighted by molar-refractivity contribution is 5.99. The van der Waals surface area contributed by atoms with Crippen LogP contribution in [0.4, 0.5) is 0 Å². The van der Waals surface area contributed by atoms with E-state index in [-0.39, 0.29) is 0 Å². The van der Waals surface area contributed by atoms with Crippen molar-refractivity contribution in [3.8, 4) is 6.07 Å². The van der Waals surface area contributed by atoms with E-state index < -0.39 is 0 Å². The highest BCUT2D eigenvalue weighted by Gasteiger charge is 2.24. The molecule has 0 amide bonds. The zero-order valence-corrected chi connectivity index (χ0v) is 10.8. The molecule has 1 aromatic heterocycles. The highest BCUT2D eigenvalue weighted by Crippen LogP contribution is 2.40. The Hall–Kier alpha value is -2.79. The lowest BCUT2D eigenvalue weighted by molar-refractivity contribution is 0.615. The van der Waals surface area contributed by atoms with E-state index in [1.165, 1.54) is 5.56 Å². The van der Waals surface area contributed by atoms with Crippen molar-refractivity contribution in [2.75, 3.05) is 0 Å². The van der Waals surface area contributed by atoms with Gasteiger partial charge in [-0.3, -0.25) is 0 Å². The minimum Gasteiger partial charge on any atom is -0.464 e. The van der Waals surface area contributed by atoms with Crippen LogP contribution in [0.3, 0.4) is 0 Å². The maximum atomic E-state index is 9.44. The summed E-state index contributed by atoms with van der Waals surface area (Å²) in [7, 11) is 0. The number of nitrogens with zero attached hydrogens (tertiary/aromatic N) is 1. The van der Waals surface area contributed by atoms with Crippen LogP contribution < -0.4 is 0 Å². The second kappa shape index (κ2) is 4.11. The SMILES string of the molecule is N#CC1=C(c2coc3ccccc23)c2ccccc2C1. The van der Waals surface area contributed by atoms with Crippen LogP contribution in [0, 0.1) is 11.3 Å². The number of allylic oxidation sites excluding steroid dienone is 1. The van der Waals surface area contributed by atoms with Crippen LogP contribution in [0.2, 0.25) is 0 Å². The number of nitriles is 1. The Morgan fingerprint density at radius 3 is 2.65 bits per heavy atom. The van der Waals surface area contributed by atoms with E-state index in [1.54, 1.807) is 6.26 Å². The predicted molar refractivity (Wildman–Crippen MR) is 78.0 cm³/mol.